The molecule has 0 bridgehead atoms. The molecular weight excluding hydrogens is 292 g/mol. The Morgan fingerprint density at radius 2 is 1.58 bits per heavy atom. The zero-order chi connectivity index (χ0) is 17.4. The Bertz CT molecular complexity index is 733. The number of nitrogens with zero attached hydrogens (tertiary/aromatic N) is 2. The van der Waals surface area contributed by atoms with Crippen molar-refractivity contribution in [3.63, 3.8) is 0 Å². The Balaban J connectivity index is 2.49. The minimum Gasteiger partial charge on any atom is -0.364 e. The topological polar surface area (TPSA) is 7.12 Å². The molecule has 1 heterocycles. The lowest BCUT2D eigenvalue weighted by molar-refractivity contribution is -0.689. The van der Waals surface area contributed by atoms with Crippen LogP contribution < -0.4 is 9.47 Å². The van der Waals surface area contributed by atoms with Crippen LogP contribution in [0, 0.1) is 0 Å². The average molecular weight is 317 g/mol. The number of aromatic nitrogens is 1. The number of pyridine rings is 1. The largest absolute Gasteiger partial charge is 0.364 e. The number of hydrogen-bond donors (Lipinski definition) is 0. The van der Waals surface area contributed by atoms with Gasteiger partial charge in [0.15, 0.2) is 12.7 Å². The van der Waals surface area contributed by atoms with Gasteiger partial charge < -0.3 is 4.90 Å². The van der Waals surface area contributed by atoms with Crippen molar-refractivity contribution in [1.29, 1.82) is 0 Å². The predicted octanol–water partition coefficient (Wildman–Crippen LogP) is 4.40. The van der Waals surface area contributed by atoms with Crippen molar-refractivity contribution in [3.8, 4) is 0 Å². The molecule has 1 aromatic carbocycles. The van der Waals surface area contributed by atoms with E-state index in [0.717, 1.165) is 42.2 Å². The summed E-state index contributed by atoms with van der Waals surface area (Å²) in [7, 11) is 0. The van der Waals surface area contributed by atoms with Crippen LogP contribution in [0.25, 0.3) is 5.57 Å². The molecule has 0 radical (unpaired) electrons. The summed E-state index contributed by atoms with van der Waals surface area (Å²) in [6.07, 6.45) is 7.76. The molecule has 0 aliphatic heterocycles. The third-order valence-electron chi connectivity index (χ3n) is 3.84. The first-order valence-corrected chi connectivity index (χ1v) is 8.07. The van der Waals surface area contributed by atoms with E-state index in [1.54, 1.807) is 0 Å². The molecule has 0 saturated heterocycles. The van der Waals surface area contributed by atoms with Gasteiger partial charge in [-0.15, -0.1) is 13.2 Å². The molecule has 0 atom stereocenters. The van der Waals surface area contributed by atoms with Crippen LogP contribution in [0.4, 0.5) is 5.69 Å². The maximum absolute atomic E-state index is 4.37. The van der Waals surface area contributed by atoms with Gasteiger partial charge in [0, 0.05) is 42.0 Å². The molecule has 0 spiro atoms. The Labute approximate surface area is 145 Å². The van der Waals surface area contributed by atoms with Crippen molar-refractivity contribution < 1.29 is 4.57 Å². The SMILES string of the molecule is C=CCN(CC=C)c1ccccc1C(=C)c1cccc[n+]1CC=C. The summed E-state index contributed by atoms with van der Waals surface area (Å²) in [6, 6.07) is 14.5. The molecule has 2 aromatic rings. The maximum atomic E-state index is 4.37. The Kier molecular flexibility index (Phi) is 6.32. The zero-order valence-corrected chi connectivity index (χ0v) is 14.2. The quantitative estimate of drug-likeness (QED) is 0.491. The molecule has 0 aliphatic rings. The standard InChI is InChI=1S/C22H25N2/c1-5-15-23(16-6-2)22-14-9-8-12-20(22)19(4)21-13-10-11-18-24(21)17-7-3/h5-14,18H,1-4,15-17H2/q+1. The minimum atomic E-state index is 0.750. The molecule has 0 fully saturated rings. The molecule has 0 saturated carbocycles. The maximum Gasteiger partial charge on any atom is 0.212 e. The zero-order valence-electron chi connectivity index (χ0n) is 14.2. The van der Waals surface area contributed by atoms with Gasteiger partial charge in [0.2, 0.25) is 5.69 Å². The van der Waals surface area contributed by atoms with Gasteiger partial charge in [-0.2, -0.15) is 4.57 Å². The van der Waals surface area contributed by atoms with Crippen molar-refractivity contribution in [1.82, 2.24) is 0 Å². The molecule has 122 valence electrons. The molecule has 2 nitrogen and oxygen atoms in total. The van der Waals surface area contributed by atoms with Crippen LogP contribution in [-0.4, -0.2) is 13.1 Å². The van der Waals surface area contributed by atoms with Crippen LogP contribution in [0.2, 0.25) is 0 Å². The second-order valence-electron chi connectivity index (χ2n) is 5.50. The molecule has 24 heavy (non-hydrogen) atoms. The van der Waals surface area contributed by atoms with E-state index in [9.17, 15) is 0 Å². The lowest BCUT2D eigenvalue weighted by Gasteiger charge is -2.25. The number of anilines is 1. The van der Waals surface area contributed by atoms with Crippen LogP contribution in [0.5, 0.6) is 0 Å². The second-order valence-corrected chi connectivity index (χ2v) is 5.50. The number of rotatable bonds is 9. The molecule has 1 aromatic heterocycles. The fraction of sp³-hybridized carbons (Fsp3) is 0.136. The van der Waals surface area contributed by atoms with Crippen LogP contribution in [-0.2, 0) is 6.54 Å². The lowest BCUT2D eigenvalue weighted by Crippen LogP contribution is -2.36. The van der Waals surface area contributed by atoms with E-state index in [0.29, 0.717) is 0 Å². The van der Waals surface area contributed by atoms with Gasteiger partial charge in [-0.25, -0.2) is 0 Å². The lowest BCUT2D eigenvalue weighted by atomic mass is 10.0. The van der Waals surface area contributed by atoms with E-state index in [1.807, 2.05) is 42.5 Å². The van der Waals surface area contributed by atoms with Gasteiger partial charge in [-0.05, 0) is 18.2 Å². The van der Waals surface area contributed by atoms with E-state index >= 15 is 0 Å². The summed E-state index contributed by atoms with van der Waals surface area (Å²) in [5.41, 5.74) is 4.33. The highest BCUT2D eigenvalue weighted by Crippen LogP contribution is 2.29. The summed E-state index contributed by atoms with van der Waals surface area (Å²) in [4.78, 5) is 2.24. The van der Waals surface area contributed by atoms with Gasteiger partial charge in [0.05, 0.1) is 0 Å². The van der Waals surface area contributed by atoms with Crippen LogP contribution in [0.1, 0.15) is 11.3 Å². The molecule has 0 N–H and O–H groups in total. The summed E-state index contributed by atoms with van der Waals surface area (Å²) >= 11 is 0. The smallest absolute Gasteiger partial charge is 0.212 e. The van der Waals surface area contributed by atoms with Crippen molar-refractivity contribution in [2.45, 2.75) is 6.54 Å². The summed E-state index contributed by atoms with van der Waals surface area (Å²) < 4.78 is 2.15. The first-order valence-electron chi connectivity index (χ1n) is 8.07. The number of hydrogen-bond acceptors (Lipinski definition) is 1. The van der Waals surface area contributed by atoms with Crippen molar-refractivity contribution in [2.75, 3.05) is 18.0 Å². The number of para-hydroxylation sites is 1. The van der Waals surface area contributed by atoms with E-state index in [1.165, 1.54) is 0 Å². The summed E-state index contributed by atoms with van der Waals surface area (Å²) in [5, 5.41) is 0. The van der Waals surface area contributed by atoms with Crippen molar-refractivity contribution >= 4 is 11.3 Å². The van der Waals surface area contributed by atoms with Gasteiger partial charge in [0.25, 0.3) is 0 Å². The van der Waals surface area contributed by atoms with Crippen LogP contribution in [0.3, 0.4) is 0 Å². The Hall–Kier alpha value is -2.87. The normalized spacial score (nSPS) is 10.0. The fourth-order valence-electron chi connectivity index (χ4n) is 2.77. The predicted molar refractivity (Wildman–Crippen MR) is 104 cm³/mol. The van der Waals surface area contributed by atoms with Crippen molar-refractivity contribution in [2.24, 2.45) is 0 Å². The van der Waals surface area contributed by atoms with Crippen LogP contribution >= 0.6 is 0 Å². The highest BCUT2D eigenvalue weighted by molar-refractivity contribution is 5.83. The molecular formula is C22H25N2+. The molecule has 2 rings (SSSR count). The van der Waals surface area contributed by atoms with Crippen LogP contribution in [0.15, 0.2) is 93.2 Å². The van der Waals surface area contributed by atoms with E-state index in [-0.39, 0.29) is 0 Å². The van der Waals surface area contributed by atoms with Gasteiger partial charge in [-0.1, -0.05) is 43.5 Å². The Morgan fingerprint density at radius 1 is 0.917 bits per heavy atom. The number of allylic oxidation sites excluding steroid dienone is 1. The monoisotopic (exact) mass is 317 g/mol. The van der Waals surface area contributed by atoms with E-state index in [4.69, 9.17) is 0 Å². The molecule has 0 amide bonds. The first kappa shape index (κ1) is 17.5. The summed E-state index contributed by atoms with van der Waals surface area (Å²) in [6.45, 7) is 18.2. The third kappa shape index (κ3) is 3.90. The molecule has 2 heteroatoms. The average Bonchev–Trinajstić information content (AvgIpc) is 2.62. The van der Waals surface area contributed by atoms with Crippen molar-refractivity contribution in [3.05, 3.63) is 104 Å². The van der Waals surface area contributed by atoms with Gasteiger partial charge >= 0.3 is 0 Å². The second kappa shape index (κ2) is 8.68. The molecule has 0 aliphatic carbocycles. The Morgan fingerprint density at radius 3 is 2.25 bits per heavy atom. The third-order valence-corrected chi connectivity index (χ3v) is 3.84. The minimum absolute atomic E-state index is 0.750. The molecule has 0 unspecified atom stereocenters. The van der Waals surface area contributed by atoms with E-state index in [2.05, 4.69) is 60.2 Å². The first-order chi connectivity index (χ1) is 11.7. The van der Waals surface area contributed by atoms with Gasteiger partial charge in [-0.3, -0.25) is 0 Å². The van der Waals surface area contributed by atoms with Gasteiger partial charge in [0.1, 0.15) is 0 Å². The summed E-state index contributed by atoms with van der Waals surface area (Å²) in [5.74, 6) is 0. The highest BCUT2D eigenvalue weighted by Gasteiger charge is 2.18. The number of benzene rings is 1. The fourth-order valence-corrected chi connectivity index (χ4v) is 2.77. The highest BCUT2D eigenvalue weighted by atomic mass is 15.1. The van der Waals surface area contributed by atoms with E-state index < -0.39 is 0 Å².